The molecular weight excluding hydrogens is 266 g/mol. The van der Waals surface area contributed by atoms with Crippen molar-refractivity contribution in [1.29, 1.82) is 0 Å². The van der Waals surface area contributed by atoms with Crippen molar-refractivity contribution in [2.24, 2.45) is 5.92 Å². The van der Waals surface area contributed by atoms with Crippen LogP contribution in [0.2, 0.25) is 0 Å². The van der Waals surface area contributed by atoms with Gasteiger partial charge in [0.05, 0.1) is 0 Å². The molecule has 0 heterocycles. The molecule has 2 nitrogen and oxygen atoms in total. The van der Waals surface area contributed by atoms with Crippen LogP contribution in [0.4, 0.5) is 0 Å². The van der Waals surface area contributed by atoms with Crippen LogP contribution in [0.25, 0.3) is 0 Å². The lowest BCUT2D eigenvalue weighted by Gasteiger charge is -2.45. The monoisotopic (exact) mass is 297 g/mol. The number of nitrogens with zero attached hydrogens (tertiary/aromatic N) is 1. The molecule has 0 aliphatic heterocycles. The first-order valence-electron chi connectivity index (χ1n) is 7.51. The van der Waals surface area contributed by atoms with Gasteiger partial charge in [-0.05, 0) is 42.6 Å². The van der Waals surface area contributed by atoms with E-state index in [1.807, 2.05) is 7.05 Å². The lowest BCUT2D eigenvalue weighted by atomic mass is 10.1. The van der Waals surface area contributed by atoms with E-state index in [9.17, 15) is 4.79 Å². The molecule has 0 aromatic carbocycles. The van der Waals surface area contributed by atoms with Crippen LogP contribution in [0.1, 0.15) is 40.5 Å². The predicted octanol–water partition coefficient (Wildman–Crippen LogP) is 4.18. The minimum atomic E-state index is -0.678. The largest absolute Gasteiger partial charge is 0.316 e. The summed E-state index contributed by atoms with van der Waals surface area (Å²) in [6.45, 7) is 8.67. The number of carbonyl (C=O) groups excluding carboxylic acids is 1. The predicted molar refractivity (Wildman–Crippen MR) is 92.4 cm³/mol. The van der Waals surface area contributed by atoms with Gasteiger partial charge in [0.25, 0.3) is 0 Å². The minimum Gasteiger partial charge on any atom is -0.316 e. The molecule has 116 valence electrons. The highest BCUT2D eigenvalue weighted by Gasteiger charge is 2.30. The summed E-state index contributed by atoms with van der Waals surface area (Å²) in [5, 5.41) is 1.40. The lowest BCUT2D eigenvalue weighted by molar-refractivity contribution is -0.125. The van der Waals surface area contributed by atoms with Gasteiger partial charge in [0.1, 0.15) is 0 Å². The van der Waals surface area contributed by atoms with E-state index in [1.54, 1.807) is 11.8 Å². The average molecular weight is 298 g/mol. The van der Waals surface area contributed by atoms with Gasteiger partial charge >= 0.3 is 0 Å². The van der Waals surface area contributed by atoms with E-state index in [1.165, 1.54) is 6.42 Å². The first-order chi connectivity index (χ1) is 9.17. The molecule has 0 saturated carbocycles. The second-order valence-corrected chi connectivity index (χ2v) is 10.9. The van der Waals surface area contributed by atoms with Gasteiger partial charge in [-0.25, -0.2) is 10.0 Å². The highest BCUT2D eigenvalue weighted by Crippen LogP contribution is 2.54. The fourth-order valence-electron chi connectivity index (χ4n) is 2.68. The molecule has 0 N–H and O–H groups in total. The second kappa shape index (κ2) is 6.84. The van der Waals surface area contributed by atoms with Gasteiger partial charge in [0, 0.05) is 24.9 Å². The molecule has 2 unspecified atom stereocenters. The molecule has 1 aliphatic carbocycles. The summed E-state index contributed by atoms with van der Waals surface area (Å²) in [6.07, 6.45) is 13.9. The third-order valence-corrected chi connectivity index (χ3v) is 9.24. The molecular formula is C17H31NOS. The van der Waals surface area contributed by atoms with E-state index in [4.69, 9.17) is 0 Å². The van der Waals surface area contributed by atoms with E-state index in [0.29, 0.717) is 5.25 Å². The van der Waals surface area contributed by atoms with Gasteiger partial charge in [-0.2, -0.15) is 0 Å². The van der Waals surface area contributed by atoms with Crippen molar-refractivity contribution in [3.8, 4) is 0 Å². The highest BCUT2D eigenvalue weighted by molar-refractivity contribution is 8.33. The maximum atomic E-state index is 11.5. The van der Waals surface area contributed by atoms with Crippen LogP contribution in [-0.4, -0.2) is 40.9 Å². The zero-order valence-corrected chi connectivity index (χ0v) is 15.0. The van der Waals surface area contributed by atoms with Crippen molar-refractivity contribution in [2.45, 2.75) is 51.0 Å². The van der Waals surface area contributed by atoms with Crippen LogP contribution in [0.5, 0.6) is 0 Å². The molecule has 2 atom stereocenters. The van der Waals surface area contributed by atoms with Gasteiger partial charge in [-0.3, -0.25) is 4.79 Å². The van der Waals surface area contributed by atoms with Crippen LogP contribution in [0, 0.1) is 5.92 Å². The van der Waals surface area contributed by atoms with E-state index >= 15 is 0 Å². The van der Waals surface area contributed by atoms with Crippen molar-refractivity contribution in [2.75, 3.05) is 19.6 Å². The zero-order valence-electron chi connectivity index (χ0n) is 14.1. The Hall–Kier alpha value is -0.700. The van der Waals surface area contributed by atoms with Crippen LogP contribution >= 0.6 is 10.0 Å². The van der Waals surface area contributed by atoms with Crippen molar-refractivity contribution in [3.63, 3.8) is 0 Å². The Morgan fingerprint density at radius 2 is 1.95 bits per heavy atom. The van der Waals surface area contributed by atoms with Crippen LogP contribution in [0.3, 0.4) is 0 Å². The molecule has 3 heteroatoms. The molecule has 0 spiro atoms. The van der Waals surface area contributed by atoms with Gasteiger partial charge in [0.2, 0.25) is 5.91 Å². The minimum absolute atomic E-state index is 0.0986. The third-order valence-electron chi connectivity index (χ3n) is 4.82. The number of carbonyl (C=O) groups is 1. The smallest absolute Gasteiger partial charge is 0.223 e. The normalized spacial score (nSPS) is 22.2. The lowest BCUT2D eigenvalue weighted by Crippen LogP contribution is -2.27. The summed E-state index contributed by atoms with van der Waals surface area (Å²) in [7, 11) is 1.18. The zero-order chi connectivity index (χ0) is 15.5. The van der Waals surface area contributed by atoms with E-state index in [2.05, 4.69) is 51.5 Å². The van der Waals surface area contributed by atoms with E-state index < -0.39 is 10.0 Å². The Kier molecular flexibility index (Phi) is 5.93. The number of hydrogen-bond donors (Lipinski definition) is 0. The first-order valence-corrected chi connectivity index (χ1v) is 10.1. The Balaban J connectivity index is 2.88. The number of likely N-dealkylation sites (N-methyl/N-ethyl adjacent to an activating group) is 1. The van der Waals surface area contributed by atoms with Crippen molar-refractivity contribution >= 4 is 15.9 Å². The quantitative estimate of drug-likeness (QED) is 0.762. The molecule has 20 heavy (non-hydrogen) atoms. The third kappa shape index (κ3) is 3.91. The van der Waals surface area contributed by atoms with Gasteiger partial charge in [-0.15, -0.1) is 0 Å². The topological polar surface area (TPSA) is 20.3 Å². The van der Waals surface area contributed by atoms with Crippen LogP contribution < -0.4 is 0 Å². The van der Waals surface area contributed by atoms with Crippen LogP contribution in [0.15, 0.2) is 23.9 Å². The maximum absolute atomic E-state index is 11.5. The van der Waals surface area contributed by atoms with Crippen LogP contribution in [-0.2, 0) is 4.79 Å². The number of allylic oxidation sites excluding steroid dienone is 2. The summed E-state index contributed by atoms with van der Waals surface area (Å²) in [5.41, 5.74) is 1.05. The van der Waals surface area contributed by atoms with Gasteiger partial charge in [-0.1, -0.05) is 32.9 Å². The summed E-state index contributed by atoms with van der Waals surface area (Å²) in [6, 6.07) is 0. The summed E-state index contributed by atoms with van der Waals surface area (Å²) in [4.78, 5) is 13.2. The van der Waals surface area contributed by atoms with E-state index in [0.717, 1.165) is 23.3 Å². The molecule has 0 fully saturated rings. The summed E-state index contributed by atoms with van der Waals surface area (Å²) in [5.74, 6) is 0.825. The Morgan fingerprint density at radius 3 is 2.45 bits per heavy atom. The molecule has 1 rings (SSSR count). The standard InChI is InChI=1S/C17H31NOS/c1-13(2)14(3)20(6,7)17-10-8-9-16(11-12-17)18(5)15(4)19/h9,11-14,17H,8,10H2,1-7H3. The molecule has 1 amide bonds. The van der Waals surface area contributed by atoms with Crippen molar-refractivity contribution < 1.29 is 4.79 Å². The maximum Gasteiger partial charge on any atom is 0.223 e. The highest BCUT2D eigenvalue weighted by atomic mass is 32.3. The SMILES string of the molecule is CC(=O)N(C)C1=CCCC(S(C)(C)C(C)C(C)C)C=C1. The van der Waals surface area contributed by atoms with Gasteiger partial charge < -0.3 is 4.90 Å². The second-order valence-electron chi connectivity index (χ2n) is 6.62. The van der Waals surface area contributed by atoms with Crippen molar-refractivity contribution in [3.05, 3.63) is 23.9 Å². The first kappa shape index (κ1) is 17.4. The fourth-order valence-corrected chi connectivity index (χ4v) is 5.86. The Labute approximate surface area is 126 Å². The number of hydrogen-bond acceptors (Lipinski definition) is 1. The molecule has 0 bridgehead atoms. The molecule has 0 aromatic heterocycles. The number of amides is 1. The average Bonchev–Trinajstić information content (AvgIpc) is 2.62. The molecule has 1 aliphatic rings. The van der Waals surface area contributed by atoms with Gasteiger partial charge in [0.15, 0.2) is 0 Å². The van der Waals surface area contributed by atoms with E-state index in [-0.39, 0.29) is 5.91 Å². The molecule has 0 aromatic rings. The fraction of sp³-hybridized carbons (Fsp3) is 0.706. The Morgan fingerprint density at radius 1 is 1.35 bits per heavy atom. The number of rotatable bonds is 4. The Bertz CT molecular complexity index is 409. The van der Waals surface area contributed by atoms with Crippen molar-refractivity contribution in [1.82, 2.24) is 4.90 Å². The molecule has 0 radical (unpaired) electrons. The molecule has 0 saturated heterocycles. The summed E-state index contributed by atoms with van der Waals surface area (Å²) < 4.78 is 0. The summed E-state index contributed by atoms with van der Waals surface area (Å²) >= 11 is 0.